The summed E-state index contributed by atoms with van der Waals surface area (Å²) in [4.78, 5) is 31.0. The Morgan fingerprint density at radius 2 is 1.77 bits per heavy atom. The number of carbonyl (C=O) groups is 2. The van der Waals surface area contributed by atoms with E-state index in [1.807, 2.05) is 0 Å². The first kappa shape index (κ1) is 21.7. The van der Waals surface area contributed by atoms with Crippen LogP contribution in [0.2, 0.25) is 0 Å². The minimum atomic E-state index is -0.482. The number of hydrogen-bond acceptors (Lipinski definition) is 9. The van der Waals surface area contributed by atoms with Crippen molar-refractivity contribution in [2.75, 3.05) is 52.5 Å². The highest BCUT2D eigenvalue weighted by molar-refractivity contribution is 7.13. The van der Waals surface area contributed by atoms with Gasteiger partial charge in [-0.2, -0.15) is 0 Å². The minimum absolute atomic E-state index is 0.00703. The number of hydrazine groups is 1. The molecular formula is C19H24N4O6S. The van der Waals surface area contributed by atoms with Crippen LogP contribution in [0.5, 0.6) is 17.2 Å². The molecule has 2 heterocycles. The van der Waals surface area contributed by atoms with E-state index in [0.717, 1.165) is 18.2 Å². The number of nitrogens with zero attached hydrogens (tertiary/aromatic N) is 2. The molecule has 2 amide bonds. The van der Waals surface area contributed by atoms with Crippen LogP contribution in [0, 0.1) is 0 Å². The summed E-state index contributed by atoms with van der Waals surface area (Å²) in [5.41, 5.74) is 5.68. The Hall–Kier alpha value is -3.05. The van der Waals surface area contributed by atoms with Crippen molar-refractivity contribution in [3.05, 3.63) is 28.8 Å². The molecule has 162 valence electrons. The van der Waals surface area contributed by atoms with Gasteiger partial charge < -0.3 is 23.8 Å². The van der Waals surface area contributed by atoms with Crippen molar-refractivity contribution >= 4 is 28.3 Å². The van der Waals surface area contributed by atoms with E-state index in [9.17, 15) is 9.59 Å². The number of amides is 2. The molecule has 1 fully saturated rings. The van der Waals surface area contributed by atoms with E-state index in [2.05, 4.69) is 20.7 Å². The average Bonchev–Trinajstić information content (AvgIpc) is 3.27. The van der Waals surface area contributed by atoms with Gasteiger partial charge in [-0.3, -0.25) is 20.4 Å². The molecule has 30 heavy (non-hydrogen) atoms. The van der Waals surface area contributed by atoms with Crippen LogP contribution in [0.4, 0.5) is 5.13 Å². The van der Waals surface area contributed by atoms with Crippen LogP contribution in [-0.4, -0.2) is 64.4 Å². The standard InChI is InChI=1S/C19H24N4O6S/c1-26-14-8-12(9-15(27-2)17(14)28-3)10-16(24)21-22-18(25)13-11-30-19(20-13)23-4-6-29-7-5-23/h8-9,11H,4-7,10H2,1-3H3,(H,21,24)(H,22,25). The van der Waals surface area contributed by atoms with E-state index < -0.39 is 11.8 Å². The second-order valence-corrected chi connectivity index (χ2v) is 7.16. The molecule has 0 bridgehead atoms. The van der Waals surface area contributed by atoms with Crippen LogP contribution in [-0.2, 0) is 16.0 Å². The Morgan fingerprint density at radius 3 is 2.37 bits per heavy atom. The van der Waals surface area contributed by atoms with Crippen molar-refractivity contribution in [1.82, 2.24) is 15.8 Å². The minimum Gasteiger partial charge on any atom is -0.493 e. The lowest BCUT2D eigenvalue weighted by molar-refractivity contribution is -0.121. The van der Waals surface area contributed by atoms with Crippen molar-refractivity contribution in [2.24, 2.45) is 0 Å². The molecule has 11 heteroatoms. The van der Waals surface area contributed by atoms with Crippen LogP contribution in [0.3, 0.4) is 0 Å². The summed E-state index contributed by atoms with van der Waals surface area (Å²) >= 11 is 1.38. The lowest BCUT2D eigenvalue weighted by Crippen LogP contribution is -2.42. The third-order valence-corrected chi connectivity index (χ3v) is 5.31. The number of thiazole rings is 1. The summed E-state index contributed by atoms with van der Waals surface area (Å²) in [6.45, 7) is 2.75. The molecule has 0 saturated carbocycles. The van der Waals surface area contributed by atoms with Crippen molar-refractivity contribution < 1.29 is 28.5 Å². The molecule has 0 aliphatic carbocycles. The Bertz CT molecular complexity index is 872. The van der Waals surface area contributed by atoms with Gasteiger partial charge in [0.05, 0.1) is 41.0 Å². The molecule has 2 N–H and O–H groups in total. The second kappa shape index (κ2) is 10.1. The number of hydrogen-bond donors (Lipinski definition) is 2. The maximum atomic E-state index is 12.3. The van der Waals surface area contributed by atoms with Crippen molar-refractivity contribution in [3.63, 3.8) is 0 Å². The fourth-order valence-electron chi connectivity index (χ4n) is 2.93. The topological polar surface area (TPSA) is 111 Å². The van der Waals surface area contributed by atoms with Crippen LogP contribution < -0.4 is 30.0 Å². The molecule has 1 saturated heterocycles. The number of ether oxygens (including phenoxy) is 4. The van der Waals surface area contributed by atoms with Crippen molar-refractivity contribution in [3.8, 4) is 17.2 Å². The summed E-state index contributed by atoms with van der Waals surface area (Å²) < 4.78 is 21.2. The van der Waals surface area contributed by atoms with Gasteiger partial charge in [-0.05, 0) is 17.7 Å². The van der Waals surface area contributed by atoms with Crippen LogP contribution in [0.1, 0.15) is 16.1 Å². The van der Waals surface area contributed by atoms with E-state index in [4.69, 9.17) is 18.9 Å². The second-order valence-electron chi connectivity index (χ2n) is 6.33. The van der Waals surface area contributed by atoms with E-state index in [-0.39, 0.29) is 12.1 Å². The number of methoxy groups -OCH3 is 3. The number of morpholine rings is 1. The zero-order valence-electron chi connectivity index (χ0n) is 17.0. The van der Waals surface area contributed by atoms with Crippen LogP contribution >= 0.6 is 11.3 Å². The zero-order chi connectivity index (χ0) is 21.5. The largest absolute Gasteiger partial charge is 0.493 e. The number of aromatic nitrogens is 1. The molecule has 1 aromatic carbocycles. The molecule has 0 radical (unpaired) electrons. The zero-order valence-corrected chi connectivity index (χ0v) is 17.8. The summed E-state index contributed by atoms with van der Waals surface area (Å²) in [5.74, 6) is 0.450. The molecule has 1 aliphatic heterocycles. The molecule has 1 aromatic heterocycles. The third-order valence-electron chi connectivity index (χ3n) is 4.41. The first-order valence-electron chi connectivity index (χ1n) is 9.22. The highest BCUT2D eigenvalue weighted by Gasteiger charge is 2.18. The Labute approximate surface area is 178 Å². The third kappa shape index (κ3) is 5.10. The Kier molecular flexibility index (Phi) is 7.31. The quantitative estimate of drug-likeness (QED) is 0.619. The van der Waals surface area contributed by atoms with Gasteiger partial charge in [0, 0.05) is 18.5 Å². The molecular weight excluding hydrogens is 412 g/mol. The Balaban J connectivity index is 1.57. The molecule has 2 aromatic rings. The fraction of sp³-hybridized carbons (Fsp3) is 0.421. The summed E-state index contributed by atoms with van der Waals surface area (Å²) in [6, 6.07) is 3.36. The van der Waals surface area contributed by atoms with Gasteiger partial charge in [-0.1, -0.05) is 0 Å². The lowest BCUT2D eigenvalue weighted by Gasteiger charge is -2.25. The SMILES string of the molecule is COc1cc(CC(=O)NNC(=O)c2csc(N3CCOCC3)n2)cc(OC)c1OC. The predicted molar refractivity (Wildman–Crippen MR) is 111 cm³/mol. The predicted octanol–water partition coefficient (Wildman–Crippen LogP) is 1.01. The normalized spacial score (nSPS) is 13.5. The van der Waals surface area contributed by atoms with E-state index >= 15 is 0 Å². The molecule has 10 nitrogen and oxygen atoms in total. The van der Waals surface area contributed by atoms with E-state index in [0.29, 0.717) is 36.0 Å². The first-order valence-corrected chi connectivity index (χ1v) is 10.1. The van der Waals surface area contributed by atoms with Gasteiger partial charge in [0.1, 0.15) is 5.69 Å². The van der Waals surface area contributed by atoms with Gasteiger partial charge >= 0.3 is 0 Å². The average molecular weight is 436 g/mol. The number of anilines is 1. The maximum absolute atomic E-state index is 12.3. The number of rotatable bonds is 7. The van der Waals surface area contributed by atoms with Gasteiger partial charge in [0.2, 0.25) is 11.7 Å². The summed E-state index contributed by atoms with van der Waals surface area (Å²) in [6.07, 6.45) is 0.00703. The lowest BCUT2D eigenvalue weighted by atomic mass is 10.1. The van der Waals surface area contributed by atoms with Crippen molar-refractivity contribution in [1.29, 1.82) is 0 Å². The van der Waals surface area contributed by atoms with Gasteiger partial charge in [0.15, 0.2) is 16.6 Å². The molecule has 1 aliphatic rings. The molecule has 3 rings (SSSR count). The highest BCUT2D eigenvalue weighted by atomic mass is 32.1. The summed E-state index contributed by atoms with van der Waals surface area (Å²) in [5, 5.41) is 2.41. The molecule has 0 unspecified atom stereocenters. The van der Waals surface area contributed by atoms with Gasteiger partial charge in [0.25, 0.3) is 5.91 Å². The monoisotopic (exact) mass is 436 g/mol. The number of benzene rings is 1. The molecule has 0 atom stereocenters. The maximum Gasteiger partial charge on any atom is 0.289 e. The van der Waals surface area contributed by atoms with Crippen molar-refractivity contribution in [2.45, 2.75) is 6.42 Å². The number of carbonyl (C=O) groups excluding carboxylic acids is 2. The van der Waals surface area contributed by atoms with Gasteiger partial charge in [-0.15, -0.1) is 11.3 Å². The highest BCUT2D eigenvalue weighted by Crippen LogP contribution is 2.38. The van der Waals surface area contributed by atoms with E-state index in [1.165, 1.54) is 32.7 Å². The van der Waals surface area contributed by atoms with Gasteiger partial charge in [-0.25, -0.2) is 4.98 Å². The Morgan fingerprint density at radius 1 is 1.10 bits per heavy atom. The van der Waals surface area contributed by atoms with E-state index in [1.54, 1.807) is 17.5 Å². The summed E-state index contributed by atoms with van der Waals surface area (Å²) in [7, 11) is 4.51. The number of nitrogens with one attached hydrogen (secondary N) is 2. The first-order chi connectivity index (χ1) is 14.5. The fourth-order valence-corrected chi connectivity index (χ4v) is 3.79. The van der Waals surface area contributed by atoms with Crippen LogP contribution in [0.15, 0.2) is 17.5 Å². The van der Waals surface area contributed by atoms with Crippen LogP contribution in [0.25, 0.3) is 0 Å². The molecule has 0 spiro atoms. The smallest absolute Gasteiger partial charge is 0.289 e.